The first-order chi connectivity index (χ1) is 16.3. The van der Waals surface area contributed by atoms with Crippen LogP contribution >= 0.6 is 11.6 Å². The molecule has 1 unspecified atom stereocenters. The van der Waals surface area contributed by atoms with Gasteiger partial charge in [-0.05, 0) is 62.9 Å². The monoisotopic (exact) mass is 488 g/mol. The van der Waals surface area contributed by atoms with Gasteiger partial charge in [0.05, 0.1) is 23.0 Å². The molecule has 4 N–H and O–H groups in total. The number of anilines is 2. The van der Waals surface area contributed by atoms with Gasteiger partial charge in [-0.1, -0.05) is 11.6 Å². The second-order valence-electron chi connectivity index (χ2n) is 8.50. The van der Waals surface area contributed by atoms with Crippen LogP contribution in [0.4, 0.5) is 15.9 Å². The Morgan fingerprint density at radius 2 is 2.00 bits per heavy atom. The average molecular weight is 489 g/mol. The van der Waals surface area contributed by atoms with E-state index in [1.165, 1.54) is 22.8 Å². The van der Waals surface area contributed by atoms with Gasteiger partial charge in [0, 0.05) is 18.5 Å². The Morgan fingerprint density at radius 3 is 2.71 bits per heavy atom. The highest BCUT2D eigenvalue weighted by Gasteiger charge is 2.28. The van der Waals surface area contributed by atoms with Gasteiger partial charge in [-0.3, -0.25) is 9.59 Å². The number of aliphatic hydroxyl groups excluding tert-OH is 1. The normalized spacial score (nSPS) is 18.9. The van der Waals surface area contributed by atoms with Crippen LogP contribution in [0.15, 0.2) is 36.5 Å². The molecule has 1 atom stereocenters. The van der Waals surface area contributed by atoms with Crippen molar-refractivity contribution in [1.29, 1.82) is 0 Å². The number of carbonyl (C=O) groups excluding carboxylic acids is 2. The largest absolute Gasteiger partial charge is 0.392 e. The number of halogens is 2. The minimum atomic E-state index is -0.534. The fraction of sp³-hybridized carbons (Fsp3) is 0.391. The number of fused-ring (bicyclic) bond motifs is 1. The Labute approximate surface area is 200 Å². The zero-order valence-corrected chi connectivity index (χ0v) is 19.3. The smallest absolute Gasteiger partial charge is 0.271 e. The SMILES string of the molecule is CC(O)CNc1ccc2ncc(C(=O)NC3CCC(C(=O)Nc4ccc(F)cc4Cl)CC3)n2n1. The summed E-state index contributed by atoms with van der Waals surface area (Å²) in [5, 5.41) is 22.8. The van der Waals surface area contributed by atoms with Crippen LogP contribution in [0.1, 0.15) is 43.1 Å². The van der Waals surface area contributed by atoms with Crippen LogP contribution in [-0.2, 0) is 4.79 Å². The van der Waals surface area contributed by atoms with Crippen molar-refractivity contribution in [3.63, 3.8) is 0 Å². The summed E-state index contributed by atoms with van der Waals surface area (Å²) in [4.78, 5) is 29.7. The Morgan fingerprint density at radius 1 is 1.24 bits per heavy atom. The van der Waals surface area contributed by atoms with Gasteiger partial charge in [-0.2, -0.15) is 0 Å². The van der Waals surface area contributed by atoms with Crippen LogP contribution in [-0.4, -0.2) is 50.2 Å². The van der Waals surface area contributed by atoms with Gasteiger partial charge >= 0.3 is 0 Å². The summed E-state index contributed by atoms with van der Waals surface area (Å²) in [5.41, 5.74) is 1.22. The Hall–Kier alpha value is -3.24. The van der Waals surface area contributed by atoms with Crippen LogP contribution < -0.4 is 16.0 Å². The number of hydrogen-bond donors (Lipinski definition) is 4. The number of amides is 2. The number of aromatic nitrogens is 3. The van der Waals surface area contributed by atoms with Gasteiger partial charge in [0.15, 0.2) is 11.3 Å². The quantitative estimate of drug-likeness (QED) is 0.405. The number of nitrogens with zero attached hydrogens (tertiary/aromatic N) is 3. The maximum Gasteiger partial charge on any atom is 0.271 e. The second kappa shape index (κ2) is 10.4. The first-order valence-corrected chi connectivity index (χ1v) is 11.5. The number of carbonyl (C=O) groups is 2. The van der Waals surface area contributed by atoms with E-state index >= 15 is 0 Å². The zero-order valence-electron chi connectivity index (χ0n) is 18.6. The highest BCUT2D eigenvalue weighted by Crippen LogP contribution is 2.28. The van der Waals surface area contributed by atoms with Gasteiger partial charge in [-0.15, -0.1) is 5.10 Å². The van der Waals surface area contributed by atoms with Crippen molar-refractivity contribution in [2.75, 3.05) is 17.2 Å². The molecule has 0 bridgehead atoms. The molecule has 0 saturated heterocycles. The molecule has 0 spiro atoms. The van der Waals surface area contributed by atoms with E-state index in [1.54, 1.807) is 19.1 Å². The van der Waals surface area contributed by atoms with Crippen molar-refractivity contribution in [3.8, 4) is 0 Å². The lowest BCUT2D eigenvalue weighted by Crippen LogP contribution is -2.40. The van der Waals surface area contributed by atoms with E-state index < -0.39 is 11.9 Å². The maximum absolute atomic E-state index is 13.2. The second-order valence-corrected chi connectivity index (χ2v) is 8.90. The zero-order chi connectivity index (χ0) is 24.2. The highest BCUT2D eigenvalue weighted by molar-refractivity contribution is 6.33. The van der Waals surface area contributed by atoms with Crippen LogP contribution in [0.25, 0.3) is 5.65 Å². The molecule has 1 fully saturated rings. The van der Waals surface area contributed by atoms with Crippen molar-refractivity contribution in [2.45, 2.75) is 44.8 Å². The fourth-order valence-corrected chi connectivity index (χ4v) is 4.17. The third-order valence-corrected chi connectivity index (χ3v) is 6.11. The molecule has 1 saturated carbocycles. The third kappa shape index (κ3) is 5.63. The fourth-order valence-electron chi connectivity index (χ4n) is 3.96. The molecular weight excluding hydrogens is 463 g/mol. The number of aliphatic hydroxyl groups is 1. The van der Waals surface area contributed by atoms with E-state index in [1.807, 2.05) is 0 Å². The van der Waals surface area contributed by atoms with E-state index in [4.69, 9.17) is 11.6 Å². The lowest BCUT2D eigenvalue weighted by atomic mass is 9.85. The van der Waals surface area contributed by atoms with Crippen molar-refractivity contribution >= 4 is 40.6 Å². The average Bonchev–Trinajstić information content (AvgIpc) is 3.23. The minimum Gasteiger partial charge on any atom is -0.392 e. The van der Waals surface area contributed by atoms with E-state index in [-0.39, 0.29) is 28.8 Å². The topological polar surface area (TPSA) is 121 Å². The van der Waals surface area contributed by atoms with Gasteiger partial charge in [0.2, 0.25) is 5.91 Å². The summed E-state index contributed by atoms with van der Waals surface area (Å²) >= 11 is 5.99. The number of nitrogens with one attached hydrogen (secondary N) is 3. The van der Waals surface area contributed by atoms with E-state index in [0.717, 1.165) is 6.07 Å². The predicted molar refractivity (Wildman–Crippen MR) is 126 cm³/mol. The molecule has 1 aliphatic carbocycles. The summed E-state index contributed by atoms with van der Waals surface area (Å²) < 4.78 is 14.7. The Bertz CT molecular complexity index is 1190. The molecule has 3 aromatic rings. The number of imidazole rings is 1. The molecule has 34 heavy (non-hydrogen) atoms. The summed E-state index contributed by atoms with van der Waals surface area (Å²) in [7, 11) is 0. The molecule has 2 aromatic heterocycles. The molecular formula is C23H26ClFN6O3. The van der Waals surface area contributed by atoms with E-state index in [2.05, 4.69) is 26.0 Å². The van der Waals surface area contributed by atoms with Crippen LogP contribution in [0.2, 0.25) is 5.02 Å². The summed E-state index contributed by atoms with van der Waals surface area (Å²) in [5.74, 6) is -0.615. The summed E-state index contributed by atoms with van der Waals surface area (Å²) in [6.45, 7) is 2.00. The molecule has 0 aliphatic heterocycles. The summed E-state index contributed by atoms with van der Waals surface area (Å²) in [6, 6.07) is 7.24. The van der Waals surface area contributed by atoms with Crippen molar-refractivity contribution in [3.05, 3.63) is 53.1 Å². The first-order valence-electron chi connectivity index (χ1n) is 11.1. The maximum atomic E-state index is 13.2. The van der Waals surface area contributed by atoms with E-state index in [9.17, 15) is 19.1 Å². The van der Waals surface area contributed by atoms with Crippen molar-refractivity contribution < 1.29 is 19.1 Å². The lowest BCUT2D eigenvalue weighted by molar-refractivity contribution is -0.120. The molecule has 4 rings (SSSR count). The third-order valence-electron chi connectivity index (χ3n) is 5.80. The predicted octanol–water partition coefficient (Wildman–Crippen LogP) is 3.24. The Balaban J connectivity index is 1.33. The van der Waals surface area contributed by atoms with Gasteiger partial charge < -0.3 is 21.1 Å². The molecule has 9 nitrogen and oxygen atoms in total. The first kappa shape index (κ1) is 23.9. The molecule has 180 valence electrons. The van der Waals surface area contributed by atoms with Crippen LogP contribution in [0, 0.1) is 11.7 Å². The minimum absolute atomic E-state index is 0.0759. The van der Waals surface area contributed by atoms with Gasteiger partial charge in [0.1, 0.15) is 11.6 Å². The van der Waals surface area contributed by atoms with Crippen LogP contribution in [0.3, 0.4) is 0 Å². The lowest BCUT2D eigenvalue weighted by Gasteiger charge is -2.28. The summed E-state index contributed by atoms with van der Waals surface area (Å²) in [6.07, 6.45) is 3.44. The standard InChI is InChI=1S/C23H26ClFN6O3/c1-13(32)11-26-20-8-9-21-27-12-19(31(21)30-20)23(34)28-16-5-2-14(3-6-16)22(33)29-18-7-4-15(25)10-17(18)24/h4,7-10,12-14,16,32H,2-3,5-6,11H2,1H3,(H,26,30)(H,28,34)(H,29,33). The number of hydrogen-bond acceptors (Lipinski definition) is 6. The molecule has 11 heteroatoms. The molecule has 2 amide bonds. The number of benzene rings is 1. The highest BCUT2D eigenvalue weighted by atomic mass is 35.5. The molecule has 0 radical (unpaired) electrons. The molecule has 1 aliphatic rings. The van der Waals surface area contributed by atoms with Crippen molar-refractivity contribution in [2.24, 2.45) is 5.92 Å². The van der Waals surface area contributed by atoms with Gasteiger partial charge in [-0.25, -0.2) is 13.9 Å². The van der Waals surface area contributed by atoms with Crippen molar-refractivity contribution in [1.82, 2.24) is 19.9 Å². The molecule has 2 heterocycles. The van der Waals surface area contributed by atoms with Gasteiger partial charge in [0.25, 0.3) is 5.91 Å². The van der Waals surface area contributed by atoms with E-state index in [0.29, 0.717) is 55.1 Å². The Kier molecular flexibility index (Phi) is 7.28. The van der Waals surface area contributed by atoms with Crippen LogP contribution in [0.5, 0.6) is 0 Å². The number of rotatable bonds is 7. The molecule has 1 aromatic carbocycles.